The zero-order valence-corrected chi connectivity index (χ0v) is 18.1. The summed E-state index contributed by atoms with van der Waals surface area (Å²) in [6.45, 7) is 2.59. The van der Waals surface area contributed by atoms with E-state index in [0.717, 1.165) is 17.5 Å². The van der Waals surface area contributed by atoms with Gasteiger partial charge in [-0.25, -0.2) is 4.79 Å². The average Bonchev–Trinajstić information content (AvgIpc) is 2.80. The Morgan fingerprint density at radius 3 is 2.24 bits per heavy atom. The van der Waals surface area contributed by atoms with E-state index in [1.165, 1.54) is 17.0 Å². The Hall–Kier alpha value is -4.08. The van der Waals surface area contributed by atoms with Crippen LogP contribution in [0.4, 0.5) is 29.3 Å². The van der Waals surface area contributed by atoms with Gasteiger partial charge >= 0.3 is 12.2 Å². The molecule has 0 spiro atoms. The standard InChI is InChI=1S/C24H21F3N4O3/c1-2-31-21(32)17-5-3-4-16-19(11-10-18(20(16)17)22(31)33)28-12-13-29-23(34)30-15-8-6-14(7-9-15)24(25,26)27/h3-11,28H,2,12-13H2,1H3,(H2,29,30,34). The lowest BCUT2D eigenvalue weighted by molar-refractivity contribution is -0.137. The maximum Gasteiger partial charge on any atom is 0.416 e. The molecule has 7 nitrogen and oxygen atoms in total. The molecule has 1 heterocycles. The molecule has 0 radical (unpaired) electrons. The first-order chi connectivity index (χ1) is 16.2. The third-order valence-corrected chi connectivity index (χ3v) is 5.50. The minimum Gasteiger partial charge on any atom is -0.383 e. The van der Waals surface area contributed by atoms with E-state index in [1.54, 1.807) is 31.2 Å². The molecule has 0 fully saturated rings. The number of halogens is 3. The Labute approximate surface area is 192 Å². The van der Waals surface area contributed by atoms with Crippen molar-refractivity contribution in [2.45, 2.75) is 13.1 Å². The Morgan fingerprint density at radius 2 is 1.59 bits per heavy atom. The highest BCUT2D eigenvalue weighted by atomic mass is 19.4. The Bertz CT molecular complexity index is 1250. The Kier molecular flexibility index (Phi) is 6.14. The molecule has 10 heteroatoms. The number of nitrogens with one attached hydrogen (secondary N) is 3. The van der Waals surface area contributed by atoms with Gasteiger partial charge in [0.05, 0.1) is 5.56 Å². The lowest BCUT2D eigenvalue weighted by atomic mass is 9.93. The van der Waals surface area contributed by atoms with Crippen LogP contribution in [0, 0.1) is 0 Å². The highest BCUT2D eigenvalue weighted by molar-refractivity contribution is 6.26. The summed E-state index contributed by atoms with van der Waals surface area (Å²) in [5, 5.41) is 9.60. The van der Waals surface area contributed by atoms with Crippen LogP contribution in [0.5, 0.6) is 0 Å². The number of benzene rings is 3. The van der Waals surface area contributed by atoms with Gasteiger partial charge in [0.2, 0.25) is 0 Å². The predicted octanol–water partition coefficient (Wildman–Crippen LogP) is 4.71. The summed E-state index contributed by atoms with van der Waals surface area (Å²) in [7, 11) is 0. The van der Waals surface area contributed by atoms with Crippen molar-refractivity contribution in [3.05, 3.63) is 71.3 Å². The second-order valence-corrected chi connectivity index (χ2v) is 7.63. The fraction of sp³-hybridized carbons (Fsp3) is 0.208. The molecule has 0 saturated heterocycles. The lowest BCUT2D eigenvalue weighted by Gasteiger charge is -2.26. The van der Waals surface area contributed by atoms with Gasteiger partial charge in [-0.3, -0.25) is 14.5 Å². The van der Waals surface area contributed by atoms with Crippen LogP contribution >= 0.6 is 0 Å². The molecule has 0 bridgehead atoms. The second kappa shape index (κ2) is 9.05. The van der Waals surface area contributed by atoms with E-state index in [-0.39, 0.29) is 30.6 Å². The molecule has 3 aromatic rings. The van der Waals surface area contributed by atoms with E-state index < -0.39 is 17.8 Å². The molecule has 3 aromatic carbocycles. The number of hydrogen-bond acceptors (Lipinski definition) is 4. The SMILES string of the molecule is CCN1C(=O)c2cccc3c(NCCNC(=O)Nc4ccc(C(F)(F)F)cc4)ccc(c23)C1=O. The summed E-state index contributed by atoms with van der Waals surface area (Å²) < 4.78 is 37.9. The van der Waals surface area contributed by atoms with Gasteiger partial charge in [0, 0.05) is 52.9 Å². The maximum absolute atomic E-state index is 12.7. The van der Waals surface area contributed by atoms with Crippen LogP contribution in [-0.2, 0) is 6.18 Å². The van der Waals surface area contributed by atoms with Crippen molar-refractivity contribution >= 4 is 40.0 Å². The van der Waals surface area contributed by atoms with Crippen molar-refractivity contribution in [3.8, 4) is 0 Å². The molecule has 0 saturated carbocycles. The van der Waals surface area contributed by atoms with Crippen LogP contribution in [-0.4, -0.2) is 42.4 Å². The number of rotatable bonds is 6. The van der Waals surface area contributed by atoms with Crippen LogP contribution in [0.1, 0.15) is 33.2 Å². The highest BCUT2D eigenvalue weighted by Gasteiger charge is 2.32. The molecule has 0 aliphatic carbocycles. The number of urea groups is 1. The fourth-order valence-electron chi connectivity index (χ4n) is 3.88. The van der Waals surface area contributed by atoms with E-state index in [1.807, 2.05) is 6.07 Å². The quantitative estimate of drug-likeness (QED) is 0.360. The van der Waals surface area contributed by atoms with Gasteiger partial charge in [0.15, 0.2) is 0 Å². The molecule has 0 atom stereocenters. The van der Waals surface area contributed by atoms with Crippen molar-refractivity contribution in [3.63, 3.8) is 0 Å². The van der Waals surface area contributed by atoms with Crippen molar-refractivity contribution in [1.82, 2.24) is 10.2 Å². The topological polar surface area (TPSA) is 90.5 Å². The maximum atomic E-state index is 12.7. The zero-order chi connectivity index (χ0) is 24.5. The third kappa shape index (κ3) is 4.39. The van der Waals surface area contributed by atoms with E-state index in [4.69, 9.17) is 0 Å². The molecule has 4 amide bonds. The van der Waals surface area contributed by atoms with Gasteiger partial charge in [-0.05, 0) is 49.4 Å². The molecule has 1 aliphatic heterocycles. The molecule has 34 heavy (non-hydrogen) atoms. The number of amides is 4. The number of hydrogen-bond donors (Lipinski definition) is 3. The number of alkyl halides is 3. The zero-order valence-electron chi connectivity index (χ0n) is 18.1. The fourth-order valence-corrected chi connectivity index (χ4v) is 3.88. The van der Waals surface area contributed by atoms with Gasteiger partial charge in [0.25, 0.3) is 11.8 Å². The second-order valence-electron chi connectivity index (χ2n) is 7.63. The van der Waals surface area contributed by atoms with E-state index >= 15 is 0 Å². The number of anilines is 2. The number of imide groups is 1. The summed E-state index contributed by atoms with van der Waals surface area (Å²) in [6, 6.07) is 12.3. The molecular formula is C24H21F3N4O3. The third-order valence-electron chi connectivity index (χ3n) is 5.50. The van der Waals surface area contributed by atoms with Crippen molar-refractivity contribution in [1.29, 1.82) is 0 Å². The van der Waals surface area contributed by atoms with Gasteiger partial charge in [-0.1, -0.05) is 12.1 Å². The van der Waals surface area contributed by atoms with Crippen molar-refractivity contribution in [2.24, 2.45) is 0 Å². The summed E-state index contributed by atoms with van der Waals surface area (Å²) >= 11 is 0. The van der Waals surface area contributed by atoms with Crippen LogP contribution in [0.25, 0.3) is 10.8 Å². The Balaban J connectivity index is 1.38. The summed E-state index contributed by atoms with van der Waals surface area (Å²) in [5.74, 6) is -0.659. The first-order valence-electron chi connectivity index (χ1n) is 10.6. The van der Waals surface area contributed by atoms with Gasteiger partial charge < -0.3 is 16.0 Å². The number of carbonyl (C=O) groups is 3. The molecular weight excluding hydrogens is 449 g/mol. The first kappa shape index (κ1) is 23.1. The van der Waals surface area contributed by atoms with Gasteiger partial charge in [-0.15, -0.1) is 0 Å². The van der Waals surface area contributed by atoms with Gasteiger partial charge in [-0.2, -0.15) is 13.2 Å². The highest BCUT2D eigenvalue weighted by Crippen LogP contribution is 2.34. The smallest absolute Gasteiger partial charge is 0.383 e. The minimum atomic E-state index is -4.44. The van der Waals surface area contributed by atoms with Crippen molar-refractivity contribution < 1.29 is 27.6 Å². The van der Waals surface area contributed by atoms with Crippen LogP contribution < -0.4 is 16.0 Å². The lowest BCUT2D eigenvalue weighted by Crippen LogP contribution is -2.40. The van der Waals surface area contributed by atoms with Crippen molar-refractivity contribution in [2.75, 3.05) is 30.3 Å². The van der Waals surface area contributed by atoms with E-state index in [0.29, 0.717) is 28.7 Å². The van der Waals surface area contributed by atoms with Crippen LogP contribution in [0.2, 0.25) is 0 Å². The Morgan fingerprint density at radius 1 is 0.912 bits per heavy atom. The largest absolute Gasteiger partial charge is 0.416 e. The predicted molar refractivity (Wildman–Crippen MR) is 122 cm³/mol. The molecule has 0 aromatic heterocycles. The number of nitrogens with zero attached hydrogens (tertiary/aromatic N) is 1. The number of carbonyl (C=O) groups excluding carboxylic acids is 3. The normalized spacial score (nSPS) is 13.2. The summed E-state index contributed by atoms with van der Waals surface area (Å²) in [5.41, 5.74) is 1.07. The molecule has 4 rings (SSSR count). The summed E-state index contributed by atoms with van der Waals surface area (Å²) in [4.78, 5) is 38.6. The minimum absolute atomic E-state index is 0.219. The monoisotopic (exact) mass is 470 g/mol. The molecule has 176 valence electrons. The van der Waals surface area contributed by atoms with E-state index in [9.17, 15) is 27.6 Å². The molecule has 0 unspecified atom stereocenters. The van der Waals surface area contributed by atoms with Gasteiger partial charge in [0.1, 0.15) is 0 Å². The van der Waals surface area contributed by atoms with Crippen LogP contribution in [0.15, 0.2) is 54.6 Å². The molecule has 1 aliphatic rings. The average molecular weight is 470 g/mol. The molecule has 3 N–H and O–H groups in total. The van der Waals surface area contributed by atoms with Crippen LogP contribution in [0.3, 0.4) is 0 Å². The van der Waals surface area contributed by atoms with E-state index in [2.05, 4.69) is 16.0 Å². The summed E-state index contributed by atoms with van der Waals surface area (Å²) in [6.07, 6.45) is -4.44. The first-order valence-corrected chi connectivity index (χ1v) is 10.6.